The minimum atomic E-state index is 0.0613. The second-order valence-electron chi connectivity index (χ2n) is 5.51. The predicted octanol–water partition coefficient (Wildman–Crippen LogP) is 5.25. The molecule has 0 amide bonds. The van der Waals surface area contributed by atoms with Crippen molar-refractivity contribution in [2.75, 3.05) is 0 Å². The van der Waals surface area contributed by atoms with Crippen molar-refractivity contribution in [3.63, 3.8) is 0 Å². The molecule has 0 N–H and O–H groups in total. The number of rotatable bonds is 2. The van der Waals surface area contributed by atoms with E-state index < -0.39 is 0 Å². The van der Waals surface area contributed by atoms with Gasteiger partial charge in [0.05, 0.1) is 0 Å². The van der Waals surface area contributed by atoms with Crippen LogP contribution in [-0.2, 0) is 6.42 Å². The third-order valence-corrected chi connectivity index (χ3v) is 4.87. The maximum Gasteiger partial charge on any atom is 0.194 e. The first-order valence-electron chi connectivity index (χ1n) is 7.24. The zero-order valence-electron chi connectivity index (χ0n) is 11.8. The molecular formula is C20H13BrO. The van der Waals surface area contributed by atoms with E-state index in [9.17, 15) is 4.79 Å². The Balaban J connectivity index is 1.76. The number of hydrogen-bond acceptors (Lipinski definition) is 1. The molecule has 1 aliphatic carbocycles. The van der Waals surface area contributed by atoms with Crippen LogP contribution in [0.4, 0.5) is 0 Å². The maximum atomic E-state index is 12.7. The van der Waals surface area contributed by atoms with E-state index in [4.69, 9.17) is 0 Å². The summed E-state index contributed by atoms with van der Waals surface area (Å²) >= 11 is 3.46. The van der Waals surface area contributed by atoms with Gasteiger partial charge in [-0.15, -0.1) is 0 Å². The SMILES string of the molecule is O=C(c1ccc2c(c1)Cc1ccccc1-2)c1ccccc1Br. The van der Waals surface area contributed by atoms with Crippen LogP contribution in [0.25, 0.3) is 11.1 Å². The first-order chi connectivity index (χ1) is 10.7. The smallest absolute Gasteiger partial charge is 0.194 e. The molecule has 1 aliphatic rings. The number of carbonyl (C=O) groups excluding carboxylic acids is 1. The molecule has 0 bridgehead atoms. The lowest BCUT2D eigenvalue weighted by molar-refractivity contribution is 0.103. The molecule has 0 aliphatic heterocycles. The molecule has 3 aromatic rings. The standard InChI is InChI=1S/C20H13BrO/c21-19-8-4-3-7-18(19)20(22)14-9-10-17-15(12-14)11-13-5-1-2-6-16(13)17/h1-10,12H,11H2. The number of carbonyl (C=O) groups is 1. The molecule has 0 unspecified atom stereocenters. The van der Waals surface area contributed by atoms with Gasteiger partial charge in [0.15, 0.2) is 5.78 Å². The van der Waals surface area contributed by atoms with Gasteiger partial charge in [0.25, 0.3) is 0 Å². The molecule has 106 valence electrons. The van der Waals surface area contributed by atoms with Crippen LogP contribution in [-0.4, -0.2) is 5.78 Å². The lowest BCUT2D eigenvalue weighted by Crippen LogP contribution is -2.02. The van der Waals surface area contributed by atoms with Gasteiger partial charge in [0.2, 0.25) is 0 Å². The molecule has 0 aromatic heterocycles. The largest absolute Gasteiger partial charge is 0.289 e. The van der Waals surface area contributed by atoms with Crippen LogP contribution in [0.1, 0.15) is 27.0 Å². The van der Waals surface area contributed by atoms with E-state index in [1.54, 1.807) is 0 Å². The molecule has 0 fully saturated rings. The van der Waals surface area contributed by atoms with Gasteiger partial charge >= 0.3 is 0 Å². The monoisotopic (exact) mass is 348 g/mol. The van der Waals surface area contributed by atoms with E-state index in [0.717, 1.165) is 16.5 Å². The lowest BCUT2D eigenvalue weighted by atomic mass is 9.98. The van der Waals surface area contributed by atoms with Crippen molar-refractivity contribution in [1.82, 2.24) is 0 Å². The fourth-order valence-electron chi connectivity index (χ4n) is 3.09. The van der Waals surface area contributed by atoms with E-state index in [2.05, 4.69) is 46.3 Å². The predicted molar refractivity (Wildman–Crippen MR) is 92.3 cm³/mol. The highest BCUT2D eigenvalue weighted by atomic mass is 79.9. The van der Waals surface area contributed by atoms with Crippen LogP contribution in [0.3, 0.4) is 0 Å². The number of benzene rings is 3. The Morgan fingerprint density at radius 2 is 1.55 bits per heavy atom. The molecule has 2 heteroatoms. The highest BCUT2D eigenvalue weighted by molar-refractivity contribution is 9.10. The minimum Gasteiger partial charge on any atom is -0.289 e. The van der Waals surface area contributed by atoms with Crippen molar-refractivity contribution >= 4 is 21.7 Å². The van der Waals surface area contributed by atoms with Crippen molar-refractivity contribution in [3.05, 3.63) is 93.5 Å². The average molecular weight is 349 g/mol. The summed E-state index contributed by atoms with van der Waals surface area (Å²) in [5.41, 5.74) is 6.56. The van der Waals surface area contributed by atoms with Gasteiger partial charge < -0.3 is 0 Å². The Morgan fingerprint density at radius 1 is 0.818 bits per heavy atom. The molecule has 3 aromatic carbocycles. The van der Waals surface area contributed by atoms with Crippen molar-refractivity contribution in [3.8, 4) is 11.1 Å². The van der Waals surface area contributed by atoms with Crippen molar-refractivity contribution in [2.24, 2.45) is 0 Å². The number of halogens is 1. The van der Waals surface area contributed by atoms with E-state index >= 15 is 0 Å². The highest BCUT2D eigenvalue weighted by Crippen LogP contribution is 2.37. The van der Waals surface area contributed by atoms with Gasteiger partial charge in [-0.2, -0.15) is 0 Å². The summed E-state index contributed by atoms with van der Waals surface area (Å²) in [5.74, 6) is 0.0613. The quantitative estimate of drug-likeness (QED) is 0.452. The summed E-state index contributed by atoms with van der Waals surface area (Å²) in [6.07, 6.45) is 0.905. The van der Waals surface area contributed by atoms with Gasteiger partial charge in [0.1, 0.15) is 0 Å². The first-order valence-corrected chi connectivity index (χ1v) is 8.04. The molecule has 0 atom stereocenters. The third kappa shape index (κ3) is 2.11. The summed E-state index contributed by atoms with van der Waals surface area (Å²) < 4.78 is 0.837. The minimum absolute atomic E-state index is 0.0613. The zero-order valence-corrected chi connectivity index (χ0v) is 13.4. The normalized spacial score (nSPS) is 11.9. The van der Waals surface area contributed by atoms with Crippen molar-refractivity contribution in [1.29, 1.82) is 0 Å². The van der Waals surface area contributed by atoms with E-state index in [-0.39, 0.29) is 5.78 Å². The van der Waals surface area contributed by atoms with Crippen LogP contribution < -0.4 is 0 Å². The molecule has 22 heavy (non-hydrogen) atoms. The van der Waals surface area contributed by atoms with Gasteiger partial charge in [-0.3, -0.25) is 4.79 Å². The first kappa shape index (κ1) is 13.5. The molecule has 1 nitrogen and oxygen atoms in total. The van der Waals surface area contributed by atoms with Crippen LogP contribution in [0, 0.1) is 0 Å². The molecule has 0 heterocycles. The van der Waals surface area contributed by atoms with Gasteiger partial charge in [0, 0.05) is 15.6 Å². The van der Waals surface area contributed by atoms with Crippen molar-refractivity contribution in [2.45, 2.75) is 6.42 Å². The van der Waals surface area contributed by atoms with Crippen LogP contribution in [0.5, 0.6) is 0 Å². The Labute approximate surface area is 137 Å². The number of fused-ring (bicyclic) bond motifs is 3. The number of ketones is 1. The summed E-state index contributed by atoms with van der Waals surface area (Å²) in [6.45, 7) is 0. The second-order valence-corrected chi connectivity index (χ2v) is 6.37. The lowest BCUT2D eigenvalue weighted by Gasteiger charge is -2.06. The van der Waals surface area contributed by atoms with E-state index in [0.29, 0.717) is 5.56 Å². The van der Waals surface area contributed by atoms with Crippen molar-refractivity contribution < 1.29 is 4.79 Å². The van der Waals surface area contributed by atoms with E-state index in [1.165, 1.54) is 22.3 Å². The second kappa shape index (κ2) is 5.22. The summed E-state index contributed by atoms with van der Waals surface area (Å²) in [4.78, 5) is 12.7. The summed E-state index contributed by atoms with van der Waals surface area (Å²) in [7, 11) is 0. The molecular weight excluding hydrogens is 336 g/mol. The maximum absolute atomic E-state index is 12.7. The molecule has 0 radical (unpaired) electrons. The molecule has 4 rings (SSSR count). The van der Waals surface area contributed by atoms with Crippen LogP contribution in [0.15, 0.2) is 71.2 Å². The zero-order chi connectivity index (χ0) is 15.1. The summed E-state index contributed by atoms with van der Waals surface area (Å²) in [5, 5.41) is 0. The molecule has 0 saturated heterocycles. The third-order valence-electron chi connectivity index (χ3n) is 4.17. The fraction of sp³-hybridized carbons (Fsp3) is 0.0500. The van der Waals surface area contributed by atoms with Crippen LogP contribution >= 0.6 is 15.9 Å². The van der Waals surface area contributed by atoms with Crippen LogP contribution in [0.2, 0.25) is 0 Å². The Hall–Kier alpha value is -2.19. The fourth-order valence-corrected chi connectivity index (χ4v) is 3.55. The summed E-state index contributed by atoms with van der Waals surface area (Å²) in [6, 6.07) is 22.0. The molecule has 0 spiro atoms. The van der Waals surface area contributed by atoms with Gasteiger partial charge in [-0.25, -0.2) is 0 Å². The highest BCUT2D eigenvalue weighted by Gasteiger charge is 2.20. The van der Waals surface area contributed by atoms with Gasteiger partial charge in [-0.1, -0.05) is 64.5 Å². The Morgan fingerprint density at radius 3 is 2.41 bits per heavy atom. The Bertz CT molecular complexity index is 896. The number of hydrogen-bond donors (Lipinski definition) is 0. The Kier molecular flexibility index (Phi) is 3.20. The van der Waals surface area contributed by atoms with Gasteiger partial charge in [-0.05, 0) is 46.9 Å². The topological polar surface area (TPSA) is 17.1 Å². The average Bonchev–Trinajstić information content (AvgIpc) is 2.92. The van der Waals surface area contributed by atoms with E-state index in [1.807, 2.05) is 36.4 Å². The molecule has 0 saturated carbocycles.